The van der Waals surface area contributed by atoms with Gasteiger partial charge in [0.05, 0.1) is 19.1 Å². The average Bonchev–Trinajstić information content (AvgIpc) is 2.62. The maximum atomic E-state index is 14.2. The van der Waals surface area contributed by atoms with Gasteiger partial charge in [0.25, 0.3) is 0 Å². The highest BCUT2D eigenvalue weighted by Crippen LogP contribution is 2.25. The molecule has 0 aliphatic carbocycles. The van der Waals surface area contributed by atoms with Crippen LogP contribution in [0.2, 0.25) is 0 Å². The second kappa shape index (κ2) is 9.91. The quantitative estimate of drug-likeness (QED) is 0.665. The molecule has 0 saturated heterocycles. The molecular weight excluding hydrogens is 405 g/mol. The SMILES string of the molecule is CCOC(=O)CC(NC(=O)OCc1ccccc1)c1cc(Br)ccc1F. The van der Waals surface area contributed by atoms with Crippen molar-refractivity contribution >= 4 is 28.0 Å². The number of carbonyl (C=O) groups is 2. The molecule has 138 valence electrons. The second-order valence-electron chi connectivity index (χ2n) is 5.43. The number of halogens is 2. The van der Waals surface area contributed by atoms with Crippen LogP contribution in [0.4, 0.5) is 9.18 Å². The molecule has 1 N–H and O–H groups in total. The number of carbonyl (C=O) groups excluding carboxylic acids is 2. The van der Waals surface area contributed by atoms with E-state index in [1.54, 1.807) is 6.92 Å². The van der Waals surface area contributed by atoms with Crippen LogP contribution < -0.4 is 5.32 Å². The van der Waals surface area contributed by atoms with Gasteiger partial charge in [-0.2, -0.15) is 0 Å². The van der Waals surface area contributed by atoms with Crippen LogP contribution in [0.25, 0.3) is 0 Å². The molecule has 2 aromatic carbocycles. The lowest BCUT2D eigenvalue weighted by molar-refractivity contribution is -0.143. The van der Waals surface area contributed by atoms with Crippen molar-refractivity contribution < 1.29 is 23.5 Å². The lowest BCUT2D eigenvalue weighted by Crippen LogP contribution is -2.31. The fourth-order valence-electron chi connectivity index (χ4n) is 2.31. The van der Waals surface area contributed by atoms with Crippen LogP contribution >= 0.6 is 15.9 Å². The van der Waals surface area contributed by atoms with E-state index in [-0.39, 0.29) is 25.2 Å². The van der Waals surface area contributed by atoms with E-state index in [0.717, 1.165) is 5.56 Å². The molecule has 0 heterocycles. The van der Waals surface area contributed by atoms with Gasteiger partial charge in [-0.1, -0.05) is 46.3 Å². The molecule has 1 amide bonds. The van der Waals surface area contributed by atoms with Crippen LogP contribution in [0.5, 0.6) is 0 Å². The van der Waals surface area contributed by atoms with Gasteiger partial charge in [0.1, 0.15) is 12.4 Å². The molecule has 0 bridgehead atoms. The van der Waals surface area contributed by atoms with Crippen molar-refractivity contribution in [1.82, 2.24) is 5.32 Å². The number of benzene rings is 2. The van der Waals surface area contributed by atoms with Gasteiger partial charge in [0.2, 0.25) is 0 Å². The van der Waals surface area contributed by atoms with Crippen molar-refractivity contribution in [3.8, 4) is 0 Å². The fraction of sp³-hybridized carbons (Fsp3) is 0.263. The maximum Gasteiger partial charge on any atom is 0.407 e. The van der Waals surface area contributed by atoms with Crippen molar-refractivity contribution in [3.63, 3.8) is 0 Å². The molecule has 7 heteroatoms. The first-order valence-corrected chi connectivity index (χ1v) is 8.86. The molecule has 0 radical (unpaired) electrons. The molecule has 0 fully saturated rings. The Labute approximate surface area is 159 Å². The Kier molecular flexibility index (Phi) is 7.59. The molecule has 2 aromatic rings. The van der Waals surface area contributed by atoms with Gasteiger partial charge in [0.15, 0.2) is 0 Å². The summed E-state index contributed by atoms with van der Waals surface area (Å²) in [4.78, 5) is 24.0. The van der Waals surface area contributed by atoms with E-state index < -0.39 is 23.9 Å². The zero-order valence-corrected chi connectivity index (χ0v) is 15.8. The number of nitrogens with one attached hydrogen (secondary N) is 1. The third-order valence-corrected chi connectivity index (χ3v) is 4.01. The van der Waals surface area contributed by atoms with Gasteiger partial charge in [-0.05, 0) is 30.7 Å². The predicted octanol–water partition coefficient (Wildman–Crippen LogP) is 4.51. The van der Waals surface area contributed by atoms with E-state index in [9.17, 15) is 14.0 Å². The molecule has 0 spiro atoms. The van der Waals surface area contributed by atoms with Crippen LogP contribution in [0.1, 0.15) is 30.5 Å². The van der Waals surface area contributed by atoms with Gasteiger partial charge >= 0.3 is 12.1 Å². The summed E-state index contributed by atoms with van der Waals surface area (Å²) in [5, 5.41) is 2.54. The van der Waals surface area contributed by atoms with Crippen LogP contribution in [-0.2, 0) is 20.9 Å². The number of hydrogen-bond donors (Lipinski definition) is 1. The smallest absolute Gasteiger partial charge is 0.407 e. The standard InChI is InChI=1S/C19H19BrFNO4/c1-2-25-18(23)11-17(15-10-14(20)8-9-16(15)21)22-19(24)26-12-13-6-4-3-5-7-13/h3-10,17H,2,11-12H2,1H3,(H,22,24). The first kappa shape index (κ1) is 19.9. The molecule has 26 heavy (non-hydrogen) atoms. The summed E-state index contributed by atoms with van der Waals surface area (Å²) >= 11 is 3.26. The molecule has 1 atom stereocenters. The van der Waals surface area contributed by atoms with E-state index in [1.807, 2.05) is 30.3 Å². The lowest BCUT2D eigenvalue weighted by Gasteiger charge is -2.19. The summed E-state index contributed by atoms with van der Waals surface area (Å²) in [5.41, 5.74) is 0.988. The zero-order valence-electron chi connectivity index (χ0n) is 14.2. The van der Waals surface area contributed by atoms with Gasteiger partial charge in [-0.15, -0.1) is 0 Å². The average molecular weight is 424 g/mol. The summed E-state index contributed by atoms with van der Waals surface area (Å²) in [7, 11) is 0. The Morgan fingerprint density at radius 1 is 1.15 bits per heavy atom. The van der Waals surface area contributed by atoms with Crippen molar-refractivity contribution in [1.29, 1.82) is 0 Å². The summed E-state index contributed by atoms with van der Waals surface area (Å²) in [6.45, 7) is 1.94. The molecule has 0 aromatic heterocycles. The molecule has 0 aliphatic rings. The van der Waals surface area contributed by atoms with Crippen LogP contribution in [0.3, 0.4) is 0 Å². The van der Waals surface area contributed by atoms with Crippen molar-refractivity contribution in [2.24, 2.45) is 0 Å². The van der Waals surface area contributed by atoms with Crippen molar-refractivity contribution in [2.45, 2.75) is 26.0 Å². The van der Waals surface area contributed by atoms with Gasteiger partial charge in [-0.25, -0.2) is 9.18 Å². The highest BCUT2D eigenvalue weighted by molar-refractivity contribution is 9.10. The molecule has 2 rings (SSSR count). The highest BCUT2D eigenvalue weighted by atomic mass is 79.9. The van der Waals surface area contributed by atoms with E-state index in [0.29, 0.717) is 4.47 Å². The van der Waals surface area contributed by atoms with E-state index in [2.05, 4.69) is 21.2 Å². The van der Waals surface area contributed by atoms with E-state index >= 15 is 0 Å². The minimum absolute atomic E-state index is 0.0692. The highest BCUT2D eigenvalue weighted by Gasteiger charge is 2.23. The number of amides is 1. The number of hydrogen-bond acceptors (Lipinski definition) is 4. The minimum Gasteiger partial charge on any atom is -0.466 e. The molecule has 1 unspecified atom stereocenters. The normalized spacial score (nSPS) is 11.5. The zero-order chi connectivity index (χ0) is 18.9. The molecule has 5 nitrogen and oxygen atoms in total. The number of rotatable bonds is 7. The Hall–Kier alpha value is -2.41. The summed E-state index contributed by atoms with van der Waals surface area (Å²) in [6.07, 6.45) is -0.954. The molecule has 0 aliphatic heterocycles. The van der Waals surface area contributed by atoms with E-state index in [1.165, 1.54) is 18.2 Å². The van der Waals surface area contributed by atoms with Crippen LogP contribution in [0.15, 0.2) is 53.0 Å². The number of ether oxygens (including phenoxy) is 2. The third-order valence-electron chi connectivity index (χ3n) is 3.51. The first-order valence-electron chi connectivity index (χ1n) is 8.07. The minimum atomic E-state index is -0.908. The summed E-state index contributed by atoms with van der Waals surface area (Å²) in [5.74, 6) is -1.08. The topological polar surface area (TPSA) is 64.6 Å². The van der Waals surface area contributed by atoms with Crippen LogP contribution in [0, 0.1) is 5.82 Å². The second-order valence-corrected chi connectivity index (χ2v) is 6.35. The maximum absolute atomic E-state index is 14.2. The first-order chi connectivity index (χ1) is 12.5. The fourth-order valence-corrected chi connectivity index (χ4v) is 2.69. The largest absolute Gasteiger partial charge is 0.466 e. The lowest BCUT2D eigenvalue weighted by atomic mass is 10.0. The Morgan fingerprint density at radius 3 is 2.58 bits per heavy atom. The number of esters is 1. The Morgan fingerprint density at radius 2 is 1.88 bits per heavy atom. The molecule has 0 saturated carbocycles. The van der Waals surface area contributed by atoms with Gasteiger partial charge < -0.3 is 14.8 Å². The number of alkyl carbamates (subject to hydrolysis) is 1. The monoisotopic (exact) mass is 423 g/mol. The Bertz CT molecular complexity index is 754. The van der Waals surface area contributed by atoms with E-state index in [4.69, 9.17) is 9.47 Å². The van der Waals surface area contributed by atoms with Crippen LogP contribution in [-0.4, -0.2) is 18.7 Å². The third kappa shape index (κ3) is 6.15. The van der Waals surface area contributed by atoms with Gasteiger partial charge in [-0.3, -0.25) is 4.79 Å². The van der Waals surface area contributed by atoms with Crippen molar-refractivity contribution in [3.05, 3.63) is 69.9 Å². The molecular formula is C19H19BrFNO4. The summed E-state index contributed by atoms with van der Waals surface area (Å²) < 4.78 is 24.9. The predicted molar refractivity (Wildman–Crippen MR) is 97.9 cm³/mol. The summed E-state index contributed by atoms with van der Waals surface area (Å²) in [6, 6.07) is 12.5. The Balaban J connectivity index is 2.08. The van der Waals surface area contributed by atoms with Crippen molar-refractivity contribution in [2.75, 3.05) is 6.61 Å². The van der Waals surface area contributed by atoms with Gasteiger partial charge in [0, 0.05) is 10.0 Å².